The van der Waals surface area contributed by atoms with Gasteiger partial charge in [0, 0.05) is 30.1 Å². The van der Waals surface area contributed by atoms with E-state index >= 15 is 0 Å². The first-order valence-electron chi connectivity index (χ1n) is 12.1. The Morgan fingerprint density at radius 3 is 2.44 bits per heavy atom. The molecule has 7 nitrogen and oxygen atoms in total. The lowest BCUT2D eigenvalue weighted by Crippen LogP contribution is -2.52. The zero-order valence-corrected chi connectivity index (χ0v) is 22.9. The van der Waals surface area contributed by atoms with Crippen molar-refractivity contribution < 1.29 is 4.57 Å². The minimum Gasteiger partial charge on any atom is -0.370 e. The van der Waals surface area contributed by atoms with Crippen LogP contribution in [0.2, 0.25) is 10.0 Å². The third-order valence-corrected chi connectivity index (χ3v) is 9.37. The second-order valence-electron chi connectivity index (χ2n) is 10.3. The maximum atomic E-state index is 12.7. The van der Waals surface area contributed by atoms with Gasteiger partial charge in [-0.15, -0.1) is 0 Å². The summed E-state index contributed by atoms with van der Waals surface area (Å²) < 4.78 is 12.7. The fraction of sp³-hybridized carbons (Fsp3) is 0.385. The van der Waals surface area contributed by atoms with Crippen LogP contribution >= 0.6 is 30.3 Å². The summed E-state index contributed by atoms with van der Waals surface area (Å²) in [6.45, 7) is 5.47. The molecule has 0 unspecified atom stereocenters. The third-order valence-electron chi connectivity index (χ3n) is 7.24. The van der Waals surface area contributed by atoms with Crippen molar-refractivity contribution in [1.29, 1.82) is 0 Å². The summed E-state index contributed by atoms with van der Waals surface area (Å²) in [5.41, 5.74) is 9.02. The third kappa shape index (κ3) is 5.35. The molecule has 2 fully saturated rings. The van der Waals surface area contributed by atoms with E-state index in [-0.39, 0.29) is 0 Å². The summed E-state index contributed by atoms with van der Waals surface area (Å²) in [5, 5.41) is 8.22. The fourth-order valence-electron chi connectivity index (χ4n) is 5.34. The first-order chi connectivity index (χ1) is 17.1. The SMILES string of the molecule is CP(C)(=O)c1ccccc1Nc1nc(Nc2ccc(N3CCC4(CC3)CC(N)C4)c(Cl)c2)ncc1Cl. The lowest BCUT2D eigenvalue weighted by molar-refractivity contribution is 0.0713. The highest BCUT2D eigenvalue weighted by atomic mass is 35.5. The van der Waals surface area contributed by atoms with Gasteiger partial charge in [0.2, 0.25) is 5.95 Å². The van der Waals surface area contributed by atoms with Crippen molar-refractivity contribution in [3.63, 3.8) is 0 Å². The molecule has 1 aliphatic heterocycles. The highest BCUT2D eigenvalue weighted by molar-refractivity contribution is 7.70. The number of hydrogen-bond donors (Lipinski definition) is 3. The molecule has 1 aliphatic carbocycles. The number of nitrogens with two attached hydrogens (primary N) is 1. The molecule has 2 heterocycles. The van der Waals surface area contributed by atoms with Gasteiger partial charge in [0.15, 0.2) is 5.82 Å². The predicted octanol–water partition coefficient (Wildman–Crippen LogP) is 6.23. The van der Waals surface area contributed by atoms with E-state index in [9.17, 15) is 4.57 Å². The van der Waals surface area contributed by atoms with Crippen LogP contribution in [0.1, 0.15) is 25.7 Å². The normalized spacial score (nSPS) is 17.6. The first kappa shape index (κ1) is 25.3. The molecule has 1 aromatic heterocycles. The van der Waals surface area contributed by atoms with Crippen LogP contribution < -0.4 is 26.6 Å². The molecule has 1 spiro atoms. The lowest BCUT2D eigenvalue weighted by atomic mass is 9.60. The number of nitrogens with zero attached hydrogens (tertiary/aromatic N) is 3. The Bertz CT molecular complexity index is 1310. The molecule has 1 saturated heterocycles. The van der Waals surface area contributed by atoms with Gasteiger partial charge < -0.3 is 25.8 Å². The topological polar surface area (TPSA) is 96.2 Å². The van der Waals surface area contributed by atoms with E-state index in [1.165, 1.54) is 19.0 Å². The highest BCUT2D eigenvalue weighted by Crippen LogP contribution is 2.49. The van der Waals surface area contributed by atoms with Crippen LogP contribution in [0.4, 0.5) is 28.8 Å². The number of hydrogen-bond acceptors (Lipinski definition) is 7. The second kappa shape index (κ2) is 9.86. The van der Waals surface area contributed by atoms with Gasteiger partial charge in [-0.1, -0.05) is 35.3 Å². The molecule has 0 atom stereocenters. The second-order valence-corrected chi connectivity index (χ2v) is 14.3. The molecule has 5 rings (SSSR count). The van der Waals surface area contributed by atoms with Gasteiger partial charge in [-0.2, -0.15) is 4.98 Å². The molecule has 10 heteroatoms. The number of rotatable bonds is 6. The van der Waals surface area contributed by atoms with Crippen molar-refractivity contribution in [3.8, 4) is 0 Å². The first-order valence-corrected chi connectivity index (χ1v) is 15.5. The van der Waals surface area contributed by atoms with Gasteiger partial charge in [0.05, 0.1) is 22.6 Å². The van der Waals surface area contributed by atoms with Crippen LogP contribution in [0, 0.1) is 5.41 Å². The Labute approximate surface area is 222 Å². The van der Waals surface area contributed by atoms with Crippen LogP contribution in [0.5, 0.6) is 0 Å². The molecule has 3 aromatic rings. The lowest BCUT2D eigenvalue weighted by Gasteiger charge is -2.51. The van der Waals surface area contributed by atoms with Gasteiger partial charge in [0.25, 0.3) is 0 Å². The zero-order valence-electron chi connectivity index (χ0n) is 20.5. The molecule has 190 valence electrons. The molecule has 4 N–H and O–H groups in total. The van der Waals surface area contributed by atoms with Crippen molar-refractivity contribution in [3.05, 3.63) is 58.7 Å². The van der Waals surface area contributed by atoms with E-state index in [0.717, 1.165) is 42.6 Å². The van der Waals surface area contributed by atoms with Crippen LogP contribution in [0.15, 0.2) is 48.7 Å². The van der Waals surface area contributed by atoms with Crippen molar-refractivity contribution in [2.45, 2.75) is 31.7 Å². The quantitative estimate of drug-likeness (QED) is 0.316. The van der Waals surface area contributed by atoms with Gasteiger partial charge in [0.1, 0.15) is 12.2 Å². The average Bonchev–Trinajstić information content (AvgIpc) is 2.81. The number of piperidine rings is 1. The summed E-state index contributed by atoms with van der Waals surface area (Å²) >= 11 is 13.1. The number of benzene rings is 2. The van der Waals surface area contributed by atoms with Crippen LogP contribution in [0.25, 0.3) is 0 Å². The van der Waals surface area contributed by atoms with Crippen LogP contribution in [-0.4, -0.2) is 42.4 Å². The molecule has 0 radical (unpaired) electrons. The van der Waals surface area contributed by atoms with E-state index in [0.29, 0.717) is 39.0 Å². The van der Waals surface area contributed by atoms with Gasteiger partial charge in [-0.05, 0) is 74.8 Å². The minimum atomic E-state index is -2.49. The molecular formula is C26H31Cl2N6OP. The Morgan fingerprint density at radius 1 is 1.06 bits per heavy atom. The number of halogens is 2. The smallest absolute Gasteiger partial charge is 0.229 e. The standard InChI is InChI=1S/C26H31Cl2N6OP/c1-36(2,35)23-6-4-3-5-21(23)32-24-20(28)16-30-25(33-24)31-18-7-8-22(19(27)13-18)34-11-9-26(10-12-34)14-17(29)15-26/h3-8,13,16-17H,9-12,14-15,29H2,1-2H3,(H2,30,31,32,33). The van der Waals surface area contributed by atoms with Crippen molar-refractivity contribution in [1.82, 2.24) is 9.97 Å². The average molecular weight is 545 g/mol. The van der Waals surface area contributed by atoms with E-state index in [2.05, 4.69) is 25.5 Å². The van der Waals surface area contributed by atoms with Gasteiger partial charge in [-0.3, -0.25) is 0 Å². The Morgan fingerprint density at radius 2 is 1.78 bits per heavy atom. The fourth-order valence-corrected chi connectivity index (χ4v) is 6.94. The molecule has 0 bridgehead atoms. The van der Waals surface area contributed by atoms with Crippen LogP contribution in [0.3, 0.4) is 0 Å². The van der Waals surface area contributed by atoms with E-state index in [4.69, 9.17) is 28.9 Å². The number of nitrogens with one attached hydrogen (secondary N) is 2. The predicted molar refractivity (Wildman–Crippen MR) is 152 cm³/mol. The molecule has 36 heavy (non-hydrogen) atoms. The molecular weight excluding hydrogens is 514 g/mol. The van der Waals surface area contributed by atoms with Gasteiger partial charge in [-0.25, -0.2) is 4.98 Å². The maximum absolute atomic E-state index is 12.7. The number of para-hydroxylation sites is 1. The van der Waals surface area contributed by atoms with E-state index in [1.54, 1.807) is 13.3 Å². The highest BCUT2D eigenvalue weighted by Gasteiger charge is 2.44. The van der Waals surface area contributed by atoms with Crippen LogP contribution in [-0.2, 0) is 4.57 Å². The molecule has 2 aliphatic rings. The van der Waals surface area contributed by atoms with E-state index < -0.39 is 7.14 Å². The van der Waals surface area contributed by atoms with Crippen molar-refractivity contribution in [2.75, 3.05) is 42.0 Å². The molecule has 0 amide bonds. The van der Waals surface area contributed by atoms with Crippen molar-refractivity contribution >= 4 is 64.5 Å². The summed E-state index contributed by atoms with van der Waals surface area (Å²) in [4.78, 5) is 11.2. The largest absolute Gasteiger partial charge is 0.370 e. The number of anilines is 5. The van der Waals surface area contributed by atoms with Gasteiger partial charge >= 0.3 is 0 Å². The molecule has 1 saturated carbocycles. The Kier molecular flexibility index (Phi) is 6.94. The van der Waals surface area contributed by atoms with E-state index in [1.807, 2.05) is 42.5 Å². The monoisotopic (exact) mass is 544 g/mol. The zero-order chi connectivity index (χ0) is 25.5. The summed E-state index contributed by atoms with van der Waals surface area (Å²) in [6.07, 6.45) is 6.17. The summed E-state index contributed by atoms with van der Waals surface area (Å²) in [7, 11) is -2.49. The number of aromatic nitrogens is 2. The Balaban J connectivity index is 1.29. The minimum absolute atomic E-state index is 0.362. The summed E-state index contributed by atoms with van der Waals surface area (Å²) in [5.74, 6) is 0.802. The summed E-state index contributed by atoms with van der Waals surface area (Å²) in [6, 6.07) is 13.8. The Hall–Kier alpha value is -2.31. The van der Waals surface area contributed by atoms with Crippen molar-refractivity contribution in [2.24, 2.45) is 11.1 Å². The maximum Gasteiger partial charge on any atom is 0.229 e. The molecule has 2 aromatic carbocycles.